The van der Waals surface area contributed by atoms with Crippen molar-refractivity contribution in [1.29, 1.82) is 5.41 Å². The number of halogens is 1. The zero-order valence-corrected chi connectivity index (χ0v) is 23.1. The summed E-state index contributed by atoms with van der Waals surface area (Å²) in [5.74, 6) is -0.0449. The molecule has 3 heterocycles. The molecule has 41 heavy (non-hydrogen) atoms. The van der Waals surface area contributed by atoms with Gasteiger partial charge in [0.1, 0.15) is 17.4 Å². The van der Waals surface area contributed by atoms with E-state index in [1.54, 1.807) is 24.3 Å². The molecule has 12 heteroatoms. The minimum atomic E-state index is -0.512. The fraction of sp³-hybridized carbons (Fsp3) is 0.103. The minimum absolute atomic E-state index is 0.000127. The van der Waals surface area contributed by atoms with Gasteiger partial charge in [0.2, 0.25) is 5.17 Å². The van der Waals surface area contributed by atoms with Crippen molar-refractivity contribution in [3.63, 3.8) is 0 Å². The van der Waals surface area contributed by atoms with E-state index in [2.05, 4.69) is 14.7 Å². The summed E-state index contributed by atoms with van der Waals surface area (Å²) in [4.78, 5) is 27.8. The van der Waals surface area contributed by atoms with Crippen molar-refractivity contribution in [3.05, 3.63) is 110 Å². The smallest absolute Gasteiger partial charge is 0.283 e. The number of ether oxygens (including phenoxy) is 1. The molecule has 0 atom stereocenters. The molecule has 0 aliphatic carbocycles. The van der Waals surface area contributed by atoms with E-state index in [-0.39, 0.29) is 17.1 Å². The lowest BCUT2D eigenvalue weighted by Gasteiger charge is -2.20. The molecular formula is C29H21ClN6O4S. The number of carbonyl (C=O) groups excluding carboxylic acids is 1. The number of hydrazone groups is 1. The van der Waals surface area contributed by atoms with Crippen LogP contribution >= 0.6 is 23.4 Å². The molecule has 0 saturated heterocycles. The van der Waals surface area contributed by atoms with Crippen LogP contribution in [-0.4, -0.2) is 43.1 Å². The van der Waals surface area contributed by atoms with Gasteiger partial charge in [0, 0.05) is 39.9 Å². The van der Waals surface area contributed by atoms with Crippen LogP contribution in [0.5, 0.6) is 5.75 Å². The zero-order chi connectivity index (χ0) is 28.7. The second-order valence-corrected chi connectivity index (χ2v) is 10.5. The number of hydrogen-bond donors (Lipinski definition) is 1. The number of benzene rings is 3. The molecule has 1 amide bonds. The molecule has 1 N–H and O–H groups in total. The first-order valence-corrected chi connectivity index (χ1v) is 13.7. The highest BCUT2D eigenvalue weighted by molar-refractivity contribution is 8.27. The predicted octanol–water partition coefficient (Wildman–Crippen LogP) is 6.26. The zero-order valence-electron chi connectivity index (χ0n) is 21.6. The number of aliphatic imine (C=N–C) groups is 1. The van der Waals surface area contributed by atoms with Crippen molar-refractivity contribution in [3.8, 4) is 5.75 Å². The number of thioether (sulfide) groups is 1. The van der Waals surface area contributed by atoms with Gasteiger partial charge in [0.15, 0.2) is 5.84 Å². The number of carbonyl (C=O) groups is 1. The normalized spacial score (nSPS) is 15.8. The Balaban J connectivity index is 1.29. The summed E-state index contributed by atoms with van der Waals surface area (Å²) in [5.41, 5.74) is 3.46. The van der Waals surface area contributed by atoms with Crippen molar-refractivity contribution in [2.75, 3.05) is 6.61 Å². The third kappa shape index (κ3) is 4.90. The van der Waals surface area contributed by atoms with Gasteiger partial charge >= 0.3 is 0 Å². The first-order valence-electron chi connectivity index (χ1n) is 12.5. The van der Waals surface area contributed by atoms with Crippen molar-refractivity contribution in [2.24, 2.45) is 10.1 Å². The number of amides is 1. The maximum atomic E-state index is 13.1. The summed E-state index contributed by atoms with van der Waals surface area (Å²) >= 11 is 7.54. The van der Waals surface area contributed by atoms with Crippen LogP contribution in [0.4, 0.5) is 5.69 Å². The summed E-state index contributed by atoms with van der Waals surface area (Å²) in [7, 11) is 0. The van der Waals surface area contributed by atoms with Crippen LogP contribution in [-0.2, 0) is 11.3 Å². The molecule has 0 unspecified atom stereocenters. The van der Waals surface area contributed by atoms with Crippen molar-refractivity contribution in [1.82, 2.24) is 9.58 Å². The molecule has 204 valence electrons. The van der Waals surface area contributed by atoms with Gasteiger partial charge < -0.3 is 9.30 Å². The number of nitro benzene ring substituents is 1. The van der Waals surface area contributed by atoms with Crippen molar-refractivity contribution >= 4 is 68.0 Å². The van der Waals surface area contributed by atoms with E-state index in [4.69, 9.17) is 21.7 Å². The lowest BCUT2D eigenvalue weighted by molar-refractivity contribution is -0.384. The monoisotopic (exact) mass is 584 g/mol. The predicted molar refractivity (Wildman–Crippen MR) is 161 cm³/mol. The standard InChI is InChI=1S/C29H21ClN6O4S/c1-17-22(16-23-26(31)35-29(32-27(23)37)41-28(33-35)21-7-2-4-8-24(21)30)20-6-3-5-9-25(20)34(17)14-15-40-19-12-10-18(11-13-19)36(38)39/h2-13,16,31H,14-15H2,1H3/b23-16-,31-26?. The molecule has 0 fully saturated rings. The summed E-state index contributed by atoms with van der Waals surface area (Å²) in [6.07, 6.45) is 1.70. The highest BCUT2D eigenvalue weighted by atomic mass is 35.5. The number of nitrogens with zero attached hydrogens (tertiary/aromatic N) is 5. The van der Waals surface area contributed by atoms with Gasteiger partial charge in [-0.15, -0.1) is 0 Å². The molecule has 0 saturated carbocycles. The van der Waals surface area contributed by atoms with Gasteiger partial charge in [0.05, 0.1) is 22.1 Å². The molecule has 6 rings (SSSR count). The number of para-hydroxylation sites is 1. The highest BCUT2D eigenvalue weighted by Gasteiger charge is 2.36. The van der Waals surface area contributed by atoms with Crippen LogP contribution in [0.2, 0.25) is 5.02 Å². The first-order chi connectivity index (χ1) is 19.8. The first kappa shape index (κ1) is 26.5. The van der Waals surface area contributed by atoms with Crippen LogP contribution in [0.25, 0.3) is 17.0 Å². The largest absolute Gasteiger partial charge is 0.492 e. The number of hydrogen-bond acceptors (Lipinski definition) is 7. The number of non-ortho nitro benzene ring substituents is 1. The average molecular weight is 585 g/mol. The Bertz CT molecular complexity index is 1840. The Hall–Kier alpha value is -4.74. The third-order valence-corrected chi connectivity index (χ3v) is 8.03. The second kappa shape index (κ2) is 10.7. The Morgan fingerprint density at radius 3 is 2.59 bits per heavy atom. The molecule has 10 nitrogen and oxygen atoms in total. The number of aromatic nitrogens is 1. The third-order valence-electron chi connectivity index (χ3n) is 6.76. The van der Waals surface area contributed by atoms with E-state index < -0.39 is 10.8 Å². The summed E-state index contributed by atoms with van der Waals surface area (Å²) < 4.78 is 7.93. The van der Waals surface area contributed by atoms with Crippen molar-refractivity contribution in [2.45, 2.75) is 13.5 Å². The van der Waals surface area contributed by atoms with Crippen LogP contribution in [0, 0.1) is 22.4 Å². The highest BCUT2D eigenvalue weighted by Crippen LogP contribution is 2.34. The lowest BCUT2D eigenvalue weighted by atomic mass is 10.1. The molecular weight excluding hydrogens is 564 g/mol. The maximum Gasteiger partial charge on any atom is 0.283 e. The topological polar surface area (TPSA) is 126 Å². The number of rotatable bonds is 7. The quantitative estimate of drug-likeness (QED) is 0.155. The Morgan fingerprint density at radius 1 is 1.10 bits per heavy atom. The Kier molecular flexibility index (Phi) is 6.90. The molecule has 0 radical (unpaired) electrons. The van der Waals surface area contributed by atoms with Gasteiger partial charge in [-0.1, -0.05) is 48.0 Å². The van der Waals surface area contributed by atoms with Gasteiger partial charge in [-0.05, 0) is 49.0 Å². The summed E-state index contributed by atoms with van der Waals surface area (Å²) in [6, 6.07) is 21.0. The average Bonchev–Trinajstić information content (AvgIpc) is 3.50. The fourth-order valence-corrected chi connectivity index (χ4v) is 5.94. The second-order valence-electron chi connectivity index (χ2n) is 9.17. The molecule has 3 aromatic carbocycles. The van der Waals surface area contributed by atoms with E-state index in [1.807, 2.05) is 49.4 Å². The lowest BCUT2D eigenvalue weighted by Crippen LogP contribution is -2.35. The minimum Gasteiger partial charge on any atom is -0.492 e. The van der Waals surface area contributed by atoms with E-state index in [0.29, 0.717) is 39.7 Å². The number of fused-ring (bicyclic) bond motifs is 2. The summed E-state index contributed by atoms with van der Waals surface area (Å²) in [5, 5.41) is 27.9. The van der Waals surface area contributed by atoms with Gasteiger partial charge in [0.25, 0.3) is 11.6 Å². The van der Waals surface area contributed by atoms with E-state index in [0.717, 1.165) is 22.2 Å². The van der Waals surface area contributed by atoms with Gasteiger partial charge in [-0.3, -0.25) is 20.3 Å². The number of nitrogens with one attached hydrogen (secondary N) is 1. The van der Waals surface area contributed by atoms with Crippen molar-refractivity contribution < 1.29 is 14.5 Å². The number of nitro groups is 1. The Labute approximate surface area is 243 Å². The van der Waals surface area contributed by atoms with E-state index in [9.17, 15) is 14.9 Å². The van der Waals surface area contributed by atoms with Crippen LogP contribution in [0.15, 0.2) is 88.5 Å². The molecule has 1 aromatic heterocycles. The van der Waals surface area contributed by atoms with Crippen LogP contribution < -0.4 is 4.74 Å². The molecule has 0 spiro atoms. The van der Waals surface area contributed by atoms with E-state index >= 15 is 0 Å². The molecule has 0 bridgehead atoms. The molecule has 2 aliphatic rings. The van der Waals surface area contributed by atoms with Crippen LogP contribution in [0.3, 0.4) is 0 Å². The van der Waals surface area contributed by atoms with Gasteiger partial charge in [-0.25, -0.2) is 0 Å². The van der Waals surface area contributed by atoms with Gasteiger partial charge in [-0.2, -0.15) is 15.1 Å². The van der Waals surface area contributed by atoms with E-state index in [1.165, 1.54) is 28.9 Å². The molecule has 2 aliphatic heterocycles. The molecule has 4 aromatic rings. The Morgan fingerprint density at radius 2 is 1.83 bits per heavy atom. The van der Waals surface area contributed by atoms with Crippen LogP contribution in [0.1, 0.15) is 16.8 Å². The maximum absolute atomic E-state index is 13.1. The number of amidine groups is 2. The SMILES string of the molecule is Cc1c(/C=C2/C(=N)N3N=C(c4ccccc4Cl)SC3=NC2=O)c2ccccc2n1CCOc1ccc([N+](=O)[O-])cc1. The summed E-state index contributed by atoms with van der Waals surface area (Å²) in [6.45, 7) is 2.76. The fourth-order valence-electron chi connectivity index (χ4n) is 4.73.